The summed E-state index contributed by atoms with van der Waals surface area (Å²) in [6.07, 6.45) is 2.36. The number of amides is 1. The molecule has 3 heterocycles. The van der Waals surface area contributed by atoms with Crippen LogP contribution < -0.4 is 9.47 Å². The largest absolute Gasteiger partial charge is 0.493 e. The number of aromatic nitrogens is 2. The average Bonchev–Trinajstić information content (AvgIpc) is 3.33. The molecule has 0 unspecified atom stereocenters. The van der Waals surface area contributed by atoms with E-state index in [0.717, 1.165) is 29.9 Å². The van der Waals surface area contributed by atoms with Crippen molar-refractivity contribution >= 4 is 5.91 Å². The van der Waals surface area contributed by atoms with Gasteiger partial charge in [-0.2, -0.15) is 5.10 Å². The van der Waals surface area contributed by atoms with Crippen molar-refractivity contribution in [3.8, 4) is 22.8 Å². The molecule has 0 atom stereocenters. The third-order valence-corrected chi connectivity index (χ3v) is 4.71. The van der Waals surface area contributed by atoms with Gasteiger partial charge in [-0.05, 0) is 42.8 Å². The smallest absolute Gasteiger partial charge is 0.289 e. The Bertz CT molecular complexity index is 946. The van der Waals surface area contributed by atoms with Crippen molar-refractivity contribution in [1.29, 1.82) is 0 Å². The van der Waals surface area contributed by atoms with Gasteiger partial charge in [-0.15, -0.1) is 0 Å². The Morgan fingerprint density at radius 2 is 1.96 bits per heavy atom. The fourth-order valence-electron chi connectivity index (χ4n) is 3.33. The molecule has 2 aromatic heterocycles. The third-order valence-electron chi connectivity index (χ3n) is 4.71. The third kappa shape index (κ3) is 3.28. The van der Waals surface area contributed by atoms with Gasteiger partial charge in [-0.3, -0.25) is 9.48 Å². The lowest BCUT2D eigenvalue weighted by Gasteiger charge is -2.18. The molecule has 0 aliphatic carbocycles. The van der Waals surface area contributed by atoms with Crippen LogP contribution in [0.5, 0.6) is 11.5 Å². The number of carbonyl (C=O) groups is 1. The summed E-state index contributed by atoms with van der Waals surface area (Å²) in [5.74, 6) is 1.61. The molecule has 0 bridgehead atoms. The minimum atomic E-state index is -0.0951. The minimum absolute atomic E-state index is 0.0951. The monoisotopic (exact) mass is 367 g/mol. The van der Waals surface area contributed by atoms with Crippen molar-refractivity contribution in [2.45, 2.75) is 19.5 Å². The molecule has 1 aromatic carbocycles. The molecular weight excluding hydrogens is 346 g/mol. The van der Waals surface area contributed by atoms with Crippen LogP contribution in [0, 0.1) is 0 Å². The number of nitrogens with zero attached hydrogens (tertiary/aromatic N) is 3. The molecule has 27 heavy (non-hydrogen) atoms. The van der Waals surface area contributed by atoms with Crippen LogP contribution in [-0.4, -0.2) is 41.4 Å². The SMILES string of the molecule is COc1ccc(-c2cc3n(n2)CCCN(C(=O)c2ccco2)C3)cc1OC. The minimum Gasteiger partial charge on any atom is -0.493 e. The van der Waals surface area contributed by atoms with E-state index in [1.807, 2.05) is 28.9 Å². The number of hydrogen-bond donors (Lipinski definition) is 0. The zero-order chi connectivity index (χ0) is 18.8. The highest BCUT2D eigenvalue weighted by atomic mass is 16.5. The van der Waals surface area contributed by atoms with Gasteiger partial charge in [-0.25, -0.2) is 0 Å². The number of fused-ring (bicyclic) bond motifs is 1. The van der Waals surface area contributed by atoms with E-state index in [0.29, 0.717) is 30.3 Å². The van der Waals surface area contributed by atoms with Crippen molar-refractivity contribution in [2.75, 3.05) is 20.8 Å². The first-order valence-electron chi connectivity index (χ1n) is 8.81. The number of furan rings is 1. The molecule has 0 radical (unpaired) electrons. The van der Waals surface area contributed by atoms with E-state index < -0.39 is 0 Å². The number of aryl methyl sites for hydroxylation is 1. The molecule has 4 rings (SSSR count). The lowest BCUT2D eigenvalue weighted by atomic mass is 10.1. The molecule has 7 nitrogen and oxygen atoms in total. The second-order valence-corrected chi connectivity index (χ2v) is 6.37. The molecular formula is C20H21N3O4. The van der Waals surface area contributed by atoms with Gasteiger partial charge in [0.05, 0.1) is 38.4 Å². The molecule has 0 fully saturated rings. The van der Waals surface area contributed by atoms with Crippen LogP contribution in [0.4, 0.5) is 0 Å². The maximum Gasteiger partial charge on any atom is 0.289 e. The van der Waals surface area contributed by atoms with Crippen molar-refractivity contribution in [3.63, 3.8) is 0 Å². The van der Waals surface area contributed by atoms with Gasteiger partial charge in [0, 0.05) is 18.7 Å². The van der Waals surface area contributed by atoms with Crippen molar-refractivity contribution in [2.24, 2.45) is 0 Å². The summed E-state index contributed by atoms with van der Waals surface area (Å²) in [5.41, 5.74) is 2.78. The van der Waals surface area contributed by atoms with Gasteiger partial charge < -0.3 is 18.8 Å². The molecule has 140 valence electrons. The van der Waals surface area contributed by atoms with Gasteiger partial charge in [0.2, 0.25) is 0 Å². The Labute approximate surface area is 157 Å². The van der Waals surface area contributed by atoms with Crippen molar-refractivity contribution in [1.82, 2.24) is 14.7 Å². The molecule has 0 saturated heterocycles. The Morgan fingerprint density at radius 3 is 2.70 bits per heavy atom. The summed E-state index contributed by atoms with van der Waals surface area (Å²) in [7, 11) is 3.23. The zero-order valence-electron chi connectivity index (χ0n) is 15.3. The maximum absolute atomic E-state index is 12.6. The van der Waals surface area contributed by atoms with E-state index in [2.05, 4.69) is 0 Å². The van der Waals surface area contributed by atoms with Gasteiger partial charge in [-0.1, -0.05) is 0 Å². The topological polar surface area (TPSA) is 69.7 Å². The number of methoxy groups -OCH3 is 2. The van der Waals surface area contributed by atoms with Crippen LogP contribution >= 0.6 is 0 Å². The van der Waals surface area contributed by atoms with Crippen LogP contribution in [0.1, 0.15) is 22.7 Å². The molecule has 3 aromatic rings. The highest BCUT2D eigenvalue weighted by molar-refractivity contribution is 5.91. The Hall–Kier alpha value is -3.22. The van der Waals surface area contributed by atoms with E-state index in [-0.39, 0.29) is 5.91 Å². The van der Waals surface area contributed by atoms with Gasteiger partial charge in [0.1, 0.15) is 0 Å². The summed E-state index contributed by atoms with van der Waals surface area (Å²) < 4.78 is 17.9. The number of carbonyl (C=O) groups excluding carboxylic acids is 1. The van der Waals surface area contributed by atoms with Crippen LogP contribution in [0.25, 0.3) is 11.3 Å². The van der Waals surface area contributed by atoms with Gasteiger partial charge in [0.15, 0.2) is 17.3 Å². The molecule has 0 spiro atoms. The first kappa shape index (κ1) is 17.2. The summed E-state index contributed by atoms with van der Waals surface area (Å²) in [6, 6.07) is 11.2. The standard InChI is InChI=1S/C20H21N3O4/c1-25-17-7-6-14(11-19(17)26-2)16-12-15-13-22(8-4-9-23(15)21-16)20(24)18-5-3-10-27-18/h3,5-7,10-12H,4,8-9,13H2,1-2H3. The quantitative estimate of drug-likeness (QED) is 0.708. The number of benzene rings is 1. The van der Waals surface area contributed by atoms with Crippen LogP contribution in [0.3, 0.4) is 0 Å². The summed E-state index contributed by atoms with van der Waals surface area (Å²) in [5, 5.41) is 4.73. The fraction of sp³-hybridized carbons (Fsp3) is 0.300. The van der Waals surface area contributed by atoms with E-state index >= 15 is 0 Å². The zero-order valence-corrected chi connectivity index (χ0v) is 15.3. The van der Waals surface area contributed by atoms with Gasteiger partial charge in [0.25, 0.3) is 5.91 Å². The molecule has 1 aliphatic rings. The number of ether oxygens (including phenoxy) is 2. The fourth-order valence-corrected chi connectivity index (χ4v) is 3.33. The Kier molecular flexibility index (Phi) is 4.58. The molecule has 0 saturated carbocycles. The average molecular weight is 367 g/mol. The van der Waals surface area contributed by atoms with E-state index in [1.54, 1.807) is 31.3 Å². The van der Waals surface area contributed by atoms with Crippen molar-refractivity contribution < 1.29 is 18.7 Å². The van der Waals surface area contributed by atoms with E-state index in [4.69, 9.17) is 19.0 Å². The number of rotatable bonds is 4. The summed E-state index contributed by atoms with van der Waals surface area (Å²) in [4.78, 5) is 14.4. The summed E-state index contributed by atoms with van der Waals surface area (Å²) in [6.45, 7) is 1.94. The van der Waals surface area contributed by atoms with Crippen LogP contribution in [-0.2, 0) is 13.1 Å². The van der Waals surface area contributed by atoms with Crippen LogP contribution in [0.2, 0.25) is 0 Å². The van der Waals surface area contributed by atoms with E-state index in [9.17, 15) is 4.79 Å². The lowest BCUT2D eigenvalue weighted by molar-refractivity contribution is 0.0713. The Balaban J connectivity index is 1.62. The molecule has 1 amide bonds. The summed E-state index contributed by atoms with van der Waals surface area (Å²) >= 11 is 0. The predicted octanol–water partition coefficient (Wildman–Crippen LogP) is 3.21. The first-order chi connectivity index (χ1) is 13.2. The normalized spacial score (nSPS) is 13.8. The predicted molar refractivity (Wildman–Crippen MR) is 98.8 cm³/mol. The molecule has 0 N–H and O–H groups in total. The highest BCUT2D eigenvalue weighted by Crippen LogP contribution is 2.32. The molecule has 7 heteroatoms. The van der Waals surface area contributed by atoms with Crippen molar-refractivity contribution in [3.05, 3.63) is 54.1 Å². The second-order valence-electron chi connectivity index (χ2n) is 6.37. The van der Waals surface area contributed by atoms with Crippen LogP contribution in [0.15, 0.2) is 47.1 Å². The number of hydrogen-bond acceptors (Lipinski definition) is 5. The lowest BCUT2D eigenvalue weighted by Crippen LogP contribution is -2.30. The van der Waals surface area contributed by atoms with Gasteiger partial charge >= 0.3 is 0 Å². The second kappa shape index (κ2) is 7.19. The maximum atomic E-state index is 12.6. The first-order valence-corrected chi connectivity index (χ1v) is 8.81. The van der Waals surface area contributed by atoms with E-state index in [1.165, 1.54) is 6.26 Å². The highest BCUT2D eigenvalue weighted by Gasteiger charge is 2.23. The Morgan fingerprint density at radius 1 is 1.11 bits per heavy atom. The molecule has 1 aliphatic heterocycles.